The second-order valence-electron chi connectivity index (χ2n) is 8.68. The van der Waals surface area contributed by atoms with E-state index in [1.54, 1.807) is 0 Å². The molecule has 29 heavy (non-hydrogen) atoms. The first-order valence-electron chi connectivity index (χ1n) is 9.21. The van der Waals surface area contributed by atoms with Crippen molar-refractivity contribution >= 4 is 16.1 Å². The van der Waals surface area contributed by atoms with Crippen LogP contribution in [0.4, 0.5) is 26.3 Å². The topological polar surface area (TPSA) is 83.5 Å². The predicted octanol–water partition coefficient (Wildman–Crippen LogP) is 4.18. The summed E-state index contributed by atoms with van der Waals surface area (Å²) in [5.74, 6) is -5.63. The van der Waals surface area contributed by atoms with Crippen LogP contribution in [-0.2, 0) is 19.6 Å². The summed E-state index contributed by atoms with van der Waals surface area (Å²) in [6.45, 7) is 3.83. The first-order chi connectivity index (χ1) is 12.9. The fourth-order valence-corrected chi connectivity index (χ4v) is 5.89. The van der Waals surface area contributed by atoms with Crippen LogP contribution in [0.5, 0.6) is 0 Å². The van der Waals surface area contributed by atoms with Crippen LogP contribution in [-0.4, -0.2) is 42.6 Å². The molecule has 2 saturated carbocycles. The molecule has 2 aliphatic carbocycles. The molecule has 0 aromatic heterocycles. The maximum Gasteiger partial charge on any atom is 0.438 e. The van der Waals surface area contributed by atoms with Crippen LogP contribution in [0.2, 0.25) is 0 Å². The first-order valence-corrected chi connectivity index (χ1v) is 10.8. The molecule has 0 radical (unpaired) electrons. The SMILES string of the molecule is CCC1CC2CC(C(=O)OC(CS(=O)(=O)[O-])(C(F)(F)F)C(F)(F)F)CC(C)(C1)C2. The first kappa shape index (κ1) is 24.2. The molecule has 0 aromatic rings. The van der Waals surface area contributed by atoms with E-state index >= 15 is 0 Å². The number of alkyl halides is 6. The Labute approximate surface area is 164 Å². The van der Waals surface area contributed by atoms with Gasteiger partial charge in [-0.1, -0.05) is 20.3 Å². The lowest BCUT2D eigenvalue weighted by Gasteiger charge is -2.49. The standard InChI is InChI=1S/C17H24F6O5S/c1-3-10-4-11-5-12(8-14(2,6-10)7-11)13(24)28-15(16(18,19)20,17(21,22)23)9-29(25,26)27/h10-12H,3-9H2,1-2H3,(H,25,26,27)/p-1. The molecule has 0 aliphatic heterocycles. The maximum absolute atomic E-state index is 13.3. The smallest absolute Gasteiger partial charge is 0.438 e. The van der Waals surface area contributed by atoms with Crippen molar-refractivity contribution in [3.8, 4) is 0 Å². The van der Waals surface area contributed by atoms with Crippen molar-refractivity contribution in [1.82, 2.24) is 0 Å². The summed E-state index contributed by atoms with van der Waals surface area (Å²) in [6, 6.07) is 0. The van der Waals surface area contributed by atoms with E-state index in [1.807, 2.05) is 13.8 Å². The van der Waals surface area contributed by atoms with Crippen molar-refractivity contribution in [2.45, 2.75) is 70.3 Å². The van der Waals surface area contributed by atoms with Gasteiger partial charge in [0.1, 0.15) is 0 Å². The lowest BCUT2D eigenvalue weighted by molar-refractivity contribution is -0.362. The molecule has 4 atom stereocenters. The Morgan fingerprint density at radius 3 is 2.03 bits per heavy atom. The van der Waals surface area contributed by atoms with E-state index in [0.29, 0.717) is 25.2 Å². The van der Waals surface area contributed by atoms with E-state index in [-0.39, 0.29) is 18.8 Å². The van der Waals surface area contributed by atoms with Gasteiger partial charge in [-0.15, -0.1) is 0 Å². The molecule has 2 fully saturated rings. The highest BCUT2D eigenvalue weighted by atomic mass is 32.2. The van der Waals surface area contributed by atoms with E-state index in [2.05, 4.69) is 4.74 Å². The molecule has 0 N–H and O–H groups in total. The molecule has 2 rings (SSSR count). The largest absolute Gasteiger partial charge is 0.748 e. The minimum Gasteiger partial charge on any atom is -0.748 e. The second-order valence-corrected chi connectivity index (χ2v) is 10.1. The molecule has 5 nitrogen and oxygen atoms in total. The molecule has 0 saturated heterocycles. The number of hydrogen-bond donors (Lipinski definition) is 0. The molecule has 12 heteroatoms. The monoisotopic (exact) mass is 453 g/mol. The van der Waals surface area contributed by atoms with E-state index in [0.717, 1.165) is 6.42 Å². The van der Waals surface area contributed by atoms with Crippen molar-refractivity contribution in [2.75, 3.05) is 5.75 Å². The van der Waals surface area contributed by atoms with Gasteiger partial charge in [-0.05, 0) is 49.4 Å². The number of fused-ring (bicyclic) bond motifs is 2. The third kappa shape index (κ3) is 5.18. The summed E-state index contributed by atoms with van der Waals surface area (Å²) >= 11 is 0. The molecule has 2 aliphatic rings. The highest BCUT2D eigenvalue weighted by Gasteiger charge is 2.75. The Kier molecular flexibility index (Phi) is 6.33. The zero-order valence-corrected chi connectivity index (χ0v) is 16.7. The number of rotatable bonds is 5. The number of hydrogen-bond acceptors (Lipinski definition) is 5. The average Bonchev–Trinajstić information content (AvgIpc) is 2.48. The van der Waals surface area contributed by atoms with Gasteiger partial charge in [-0.25, -0.2) is 8.42 Å². The van der Waals surface area contributed by atoms with E-state index in [4.69, 9.17) is 0 Å². The minimum atomic E-state index is -6.33. The van der Waals surface area contributed by atoms with Gasteiger partial charge in [0.25, 0.3) is 0 Å². The van der Waals surface area contributed by atoms with Crippen molar-refractivity contribution < 1.29 is 48.8 Å². The Balaban J connectivity index is 2.33. The highest BCUT2D eigenvalue weighted by molar-refractivity contribution is 7.85. The second kappa shape index (κ2) is 7.58. The van der Waals surface area contributed by atoms with Crippen LogP contribution >= 0.6 is 0 Å². The Morgan fingerprint density at radius 1 is 1.07 bits per heavy atom. The lowest BCUT2D eigenvalue weighted by atomic mass is 9.57. The van der Waals surface area contributed by atoms with Gasteiger partial charge < -0.3 is 9.29 Å². The van der Waals surface area contributed by atoms with E-state index in [1.165, 1.54) is 0 Å². The van der Waals surface area contributed by atoms with Crippen LogP contribution in [0.25, 0.3) is 0 Å². The zero-order valence-electron chi connectivity index (χ0n) is 15.9. The van der Waals surface area contributed by atoms with Gasteiger partial charge in [0, 0.05) is 0 Å². The molecule has 0 aromatic carbocycles. The quantitative estimate of drug-likeness (QED) is 0.354. The minimum absolute atomic E-state index is 0.0422. The Bertz CT molecular complexity index is 718. The molecular weight excluding hydrogens is 430 g/mol. The normalized spacial score (nSPS) is 31.4. The van der Waals surface area contributed by atoms with Crippen LogP contribution in [0.1, 0.15) is 52.4 Å². The molecule has 0 amide bonds. The molecule has 2 bridgehead atoms. The summed E-state index contributed by atoms with van der Waals surface area (Å²) in [7, 11) is -6.03. The van der Waals surface area contributed by atoms with Crippen molar-refractivity contribution in [1.29, 1.82) is 0 Å². The van der Waals surface area contributed by atoms with Crippen LogP contribution in [0.15, 0.2) is 0 Å². The highest BCUT2D eigenvalue weighted by Crippen LogP contribution is 2.54. The van der Waals surface area contributed by atoms with Crippen LogP contribution in [0.3, 0.4) is 0 Å². The molecule has 170 valence electrons. The summed E-state index contributed by atoms with van der Waals surface area (Å²) < 4.78 is 116. The summed E-state index contributed by atoms with van der Waals surface area (Å²) in [5, 5.41) is 0. The van der Waals surface area contributed by atoms with Crippen molar-refractivity contribution in [2.24, 2.45) is 23.2 Å². The van der Waals surface area contributed by atoms with Gasteiger partial charge in [-0.3, -0.25) is 4.79 Å². The number of ether oxygens (including phenoxy) is 1. The third-order valence-electron chi connectivity index (χ3n) is 6.07. The summed E-state index contributed by atoms with van der Waals surface area (Å²) in [5.41, 5.74) is -5.81. The number of carbonyl (C=O) groups is 1. The molecular formula is C17H23F6O5S-. The number of carbonyl (C=O) groups excluding carboxylic acids is 1. The Hall–Kier alpha value is -1.04. The van der Waals surface area contributed by atoms with Gasteiger partial charge in [-0.2, -0.15) is 26.3 Å². The molecule has 0 spiro atoms. The Morgan fingerprint density at radius 2 is 1.62 bits per heavy atom. The van der Waals surface area contributed by atoms with E-state index in [9.17, 15) is 44.1 Å². The maximum atomic E-state index is 13.3. The van der Waals surface area contributed by atoms with Crippen molar-refractivity contribution in [3.63, 3.8) is 0 Å². The summed E-state index contributed by atoms with van der Waals surface area (Å²) in [6.07, 6.45) is -9.54. The molecule has 4 unspecified atom stereocenters. The number of esters is 1. The zero-order chi connectivity index (χ0) is 22.5. The predicted molar refractivity (Wildman–Crippen MR) is 87.5 cm³/mol. The molecule has 0 heterocycles. The fourth-order valence-electron chi connectivity index (χ4n) is 5.01. The van der Waals surface area contributed by atoms with Gasteiger partial charge >= 0.3 is 23.9 Å². The third-order valence-corrected chi connectivity index (χ3v) is 6.83. The average molecular weight is 453 g/mol. The van der Waals surface area contributed by atoms with Crippen LogP contribution < -0.4 is 0 Å². The van der Waals surface area contributed by atoms with Crippen molar-refractivity contribution in [3.05, 3.63) is 0 Å². The summed E-state index contributed by atoms with van der Waals surface area (Å²) in [4.78, 5) is 12.4. The number of halogens is 6. The van der Waals surface area contributed by atoms with Gasteiger partial charge in [0.2, 0.25) is 0 Å². The lowest BCUT2D eigenvalue weighted by Crippen LogP contribution is -2.64. The van der Waals surface area contributed by atoms with E-state index < -0.39 is 51.1 Å². The van der Waals surface area contributed by atoms with Gasteiger partial charge in [0.05, 0.1) is 21.8 Å². The van der Waals surface area contributed by atoms with Crippen LogP contribution in [0, 0.1) is 23.2 Å². The van der Waals surface area contributed by atoms with Gasteiger partial charge in [0.15, 0.2) is 0 Å². The fraction of sp³-hybridized carbons (Fsp3) is 0.941.